The number of fused-ring (bicyclic) bond motifs is 4. The topological polar surface area (TPSA) is 119 Å². The van der Waals surface area contributed by atoms with Crippen LogP contribution in [0.3, 0.4) is 0 Å². The van der Waals surface area contributed by atoms with Gasteiger partial charge in [0.15, 0.2) is 0 Å². The fourth-order valence-electron chi connectivity index (χ4n) is 9.37. The van der Waals surface area contributed by atoms with E-state index in [1.165, 1.54) is 35.2 Å². The summed E-state index contributed by atoms with van der Waals surface area (Å²) < 4.78 is 13.9. The molecule has 3 fully saturated rings. The third kappa shape index (κ3) is 5.50. The Kier molecular flexibility index (Phi) is 8.31. The second-order valence-electron chi connectivity index (χ2n) is 14.5. The number of carbonyl (C=O) groups is 4. The van der Waals surface area contributed by atoms with Crippen molar-refractivity contribution in [2.75, 3.05) is 15.6 Å². The van der Waals surface area contributed by atoms with Gasteiger partial charge in [-0.05, 0) is 115 Å². The number of phenolic OH excluding ortho intramolecular Hbond substituents is 1. The smallest absolute Gasteiger partial charge is 0.260 e. The molecular weight excluding hydrogens is 719 g/mol. The van der Waals surface area contributed by atoms with E-state index < -0.39 is 52.6 Å². The summed E-state index contributed by atoms with van der Waals surface area (Å²) in [6.45, 7) is 0. The maximum absolute atomic E-state index is 15.2. The van der Waals surface area contributed by atoms with Crippen LogP contribution in [0.25, 0.3) is 0 Å². The van der Waals surface area contributed by atoms with Crippen LogP contribution in [0.1, 0.15) is 29.9 Å². The summed E-state index contributed by atoms with van der Waals surface area (Å²) in [5.41, 5.74) is 5.74. The minimum Gasteiger partial charge on any atom is -0.508 e. The Morgan fingerprint density at radius 1 is 0.727 bits per heavy atom. The van der Waals surface area contributed by atoms with Crippen LogP contribution in [-0.4, -0.2) is 33.7 Å². The van der Waals surface area contributed by atoms with Crippen LogP contribution in [0.2, 0.25) is 5.02 Å². The van der Waals surface area contributed by atoms with Crippen LogP contribution in [0, 0.1) is 29.5 Å². The molecule has 11 heteroatoms. The number of allylic oxidation sites excluding steroid dienone is 2. The monoisotopic (exact) mass is 752 g/mol. The molecule has 274 valence electrons. The summed E-state index contributed by atoms with van der Waals surface area (Å²) in [6, 6.07) is 35.5. The fraction of sp³-hybridized carbons (Fsp3) is 0.182. The molecule has 0 unspecified atom stereocenters. The van der Waals surface area contributed by atoms with Gasteiger partial charge in [-0.2, -0.15) is 5.01 Å². The van der Waals surface area contributed by atoms with E-state index in [-0.39, 0.29) is 30.4 Å². The molecular formula is C44H34ClFN4O5. The first-order valence-corrected chi connectivity index (χ1v) is 18.5. The zero-order chi connectivity index (χ0) is 38.0. The lowest BCUT2D eigenvalue weighted by Crippen LogP contribution is -2.53. The third-order valence-corrected chi connectivity index (χ3v) is 11.9. The van der Waals surface area contributed by atoms with Crippen LogP contribution in [0.4, 0.5) is 27.1 Å². The Balaban J connectivity index is 1.14. The van der Waals surface area contributed by atoms with Gasteiger partial charge in [-0.3, -0.25) is 29.5 Å². The zero-order valence-corrected chi connectivity index (χ0v) is 30.0. The maximum atomic E-state index is 15.2. The normalized spacial score (nSPS) is 25.6. The van der Waals surface area contributed by atoms with Crippen molar-refractivity contribution in [3.8, 4) is 5.75 Å². The molecule has 2 saturated heterocycles. The molecule has 2 heterocycles. The number of imide groups is 2. The number of halogens is 2. The predicted octanol–water partition coefficient (Wildman–Crippen LogP) is 8.12. The Morgan fingerprint density at radius 3 is 2.13 bits per heavy atom. The Bertz CT molecular complexity index is 2390. The summed E-state index contributed by atoms with van der Waals surface area (Å²) in [5.74, 6) is -6.10. The zero-order valence-electron chi connectivity index (χ0n) is 29.2. The van der Waals surface area contributed by atoms with E-state index in [9.17, 15) is 23.9 Å². The Labute approximate surface area is 321 Å². The lowest BCUT2D eigenvalue weighted by atomic mass is 9.49. The third-order valence-electron chi connectivity index (χ3n) is 11.6. The summed E-state index contributed by atoms with van der Waals surface area (Å²) in [4.78, 5) is 60.1. The highest BCUT2D eigenvalue weighted by atomic mass is 35.5. The quantitative estimate of drug-likeness (QED) is 0.114. The molecule has 9 rings (SSSR count). The molecule has 2 aliphatic heterocycles. The molecule has 2 aliphatic carbocycles. The standard InChI is InChI=1S/C44H34ClFN4O5/c45-27-11-9-26(10-12-27)44-37(41(53)50(43(44)55)48-31-15-13-28(46)14-16-31)24-36-34(39(44)25-5-4-8-33(51)23-25)21-22-35-38(36)42(54)49(40(35)52)32-19-17-30(18-20-32)47-29-6-2-1-3-7-29/h1-21,23,35-39,47-48,51H,22,24H2/t35-,36+,37-,38-,39-,44+/m0/s1. The molecule has 0 radical (unpaired) electrons. The van der Waals surface area contributed by atoms with Crippen LogP contribution in [-0.2, 0) is 24.6 Å². The average molecular weight is 753 g/mol. The number of phenols is 1. The van der Waals surface area contributed by atoms with Crippen molar-refractivity contribution in [2.45, 2.75) is 24.2 Å². The lowest BCUT2D eigenvalue weighted by molar-refractivity contribution is -0.138. The van der Waals surface area contributed by atoms with E-state index >= 15 is 4.79 Å². The van der Waals surface area contributed by atoms with E-state index in [0.717, 1.165) is 22.0 Å². The van der Waals surface area contributed by atoms with Crippen molar-refractivity contribution in [1.82, 2.24) is 5.01 Å². The van der Waals surface area contributed by atoms with Crippen molar-refractivity contribution in [2.24, 2.45) is 23.7 Å². The van der Waals surface area contributed by atoms with E-state index in [0.29, 0.717) is 27.5 Å². The van der Waals surface area contributed by atoms with Crippen LogP contribution in [0.5, 0.6) is 5.75 Å². The summed E-state index contributed by atoms with van der Waals surface area (Å²) in [5, 5.41) is 15.6. The number of nitrogens with zero attached hydrogens (tertiary/aromatic N) is 2. The largest absolute Gasteiger partial charge is 0.508 e. The van der Waals surface area contributed by atoms with Gasteiger partial charge in [-0.25, -0.2) is 4.39 Å². The van der Waals surface area contributed by atoms with E-state index in [1.807, 2.05) is 48.5 Å². The first-order chi connectivity index (χ1) is 26.6. The molecule has 6 atom stereocenters. The van der Waals surface area contributed by atoms with E-state index in [4.69, 9.17) is 11.6 Å². The van der Waals surface area contributed by atoms with E-state index in [1.54, 1.807) is 54.6 Å². The molecule has 3 N–H and O–H groups in total. The SMILES string of the molecule is O=C1[C@@H]2C[C@@H]3C(=CC[C@@H]4C(=O)N(c5ccc(Nc6ccccc6)cc5)C(=O)[C@@H]43)[C@H](c3cccc(O)c3)[C@]2(c2ccc(Cl)cc2)C(=O)N1Nc1ccc(F)cc1. The molecule has 0 bridgehead atoms. The van der Waals surface area contributed by atoms with E-state index in [2.05, 4.69) is 10.7 Å². The van der Waals surface area contributed by atoms with Gasteiger partial charge in [0, 0.05) is 22.3 Å². The molecule has 5 aromatic carbocycles. The van der Waals surface area contributed by atoms with Gasteiger partial charge in [0.1, 0.15) is 11.6 Å². The molecule has 0 aromatic heterocycles. The number of nitrogens with one attached hydrogen (secondary N) is 2. The van der Waals surface area contributed by atoms with Gasteiger partial charge in [0.2, 0.25) is 11.8 Å². The summed E-state index contributed by atoms with van der Waals surface area (Å²) in [6.07, 6.45) is 2.31. The second kappa shape index (κ2) is 13.2. The number of para-hydroxylation sites is 1. The number of benzene rings is 5. The molecule has 5 aromatic rings. The highest BCUT2D eigenvalue weighted by molar-refractivity contribution is 6.30. The van der Waals surface area contributed by atoms with Gasteiger partial charge in [0.25, 0.3) is 11.8 Å². The number of amides is 4. The average Bonchev–Trinajstić information content (AvgIpc) is 3.57. The van der Waals surface area contributed by atoms with Gasteiger partial charge in [-0.15, -0.1) is 0 Å². The number of hydrogen-bond donors (Lipinski definition) is 3. The van der Waals surface area contributed by atoms with Gasteiger partial charge >= 0.3 is 0 Å². The molecule has 55 heavy (non-hydrogen) atoms. The van der Waals surface area contributed by atoms with Crippen molar-refractivity contribution in [3.63, 3.8) is 0 Å². The lowest BCUT2D eigenvalue weighted by Gasteiger charge is -2.50. The van der Waals surface area contributed by atoms with Crippen LogP contribution in [0.15, 0.2) is 139 Å². The number of carbonyl (C=O) groups excluding carboxylic acids is 4. The van der Waals surface area contributed by atoms with Gasteiger partial charge in [-0.1, -0.05) is 65.7 Å². The summed E-state index contributed by atoms with van der Waals surface area (Å²) >= 11 is 6.36. The Hall–Kier alpha value is -6.26. The van der Waals surface area contributed by atoms with Crippen molar-refractivity contribution in [1.29, 1.82) is 0 Å². The second-order valence-corrected chi connectivity index (χ2v) is 15.0. The number of aromatic hydroxyl groups is 1. The summed E-state index contributed by atoms with van der Waals surface area (Å²) in [7, 11) is 0. The highest BCUT2D eigenvalue weighted by Gasteiger charge is 2.70. The fourth-order valence-corrected chi connectivity index (χ4v) is 9.50. The minimum absolute atomic E-state index is 0.0294. The highest BCUT2D eigenvalue weighted by Crippen LogP contribution is 2.64. The first-order valence-electron chi connectivity index (χ1n) is 18.1. The molecule has 9 nitrogen and oxygen atoms in total. The predicted molar refractivity (Wildman–Crippen MR) is 206 cm³/mol. The Morgan fingerprint density at radius 2 is 1.42 bits per heavy atom. The number of hydrogen-bond acceptors (Lipinski definition) is 7. The molecule has 0 spiro atoms. The molecule has 4 amide bonds. The van der Waals surface area contributed by atoms with Crippen LogP contribution < -0.4 is 15.6 Å². The van der Waals surface area contributed by atoms with Crippen LogP contribution >= 0.6 is 11.6 Å². The first kappa shape index (κ1) is 34.5. The van der Waals surface area contributed by atoms with Gasteiger partial charge in [0.05, 0.1) is 34.5 Å². The van der Waals surface area contributed by atoms with Crippen molar-refractivity contribution >= 4 is 58.0 Å². The number of hydrazine groups is 1. The van der Waals surface area contributed by atoms with Gasteiger partial charge < -0.3 is 10.4 Å². The maximum Gasteiger partial charge on any atom is 0.260 e. The number of anilines is 4. The minimum atomic E-state index is -1.54. The molecule has 1 saturated carbocycles. The van der Waals surface area contributed by atoms with Crippen molar-refractivity contribution < 1.29 is 28.7 Å². The number of rotatable bonds is 7. The molecule has 4 aliphatic rings. The van der Waals surface area contributed by atoms with Crippen molar-refractivity contribution in [3.05, 3.63) is 161 Å².